The summed E-state index contributed by atoms with van der Waals surface area (Å²) in [6, 6.07) is 0. The standard InChI is InChI=1S/C12H22N4OS.HI/c1-3-10-9-16-11(18-10)5-6-14-12(13-4-2)15-7-8-17;/h9,17H,3-8H2,1-2H3,(H2,13,14,15);1H. The van der Waals surface area contributed by atoms with Crippen LogP contribution in [0.5, 0.6) is 0 Å². The molecular weight excluding hydrogens is 375 g/mol. The van der Waals surface area contributed by atoms with Gasteiger partial charge in [0.25, 0.3) is 0 Å². The minimum atomic E-state index is 0. The van der Waals surface area contributed by atoms with E-state index < -0.39 is 0 Å². The minimum absolute atomic E-state index is 0. The minimum Gasteiger partial charge on any atom is -0.394 e. The van der Waals surface area contributed by atoms with Gasteiger partial charge in [-0.1, -0.05) is 6.92 Å². The van der Waals surface area contributed by atoms with Gasteiger partial charge in [-0.05, 0) is 13.3 Å². The molecule has 0 aliphatic rings. The molecule has 0 unspecified atom stereocenters. The molecule has 7 heteroatoms. The van der Waals surface area contributed by atoms with Crippen molar-refractivity contribution in [2.45, 2.75) is 26.7 Å². The molecule has 0 spiro atoms. The molecule has 0 fully saturated rings. The number of aliphatic hydroxyl groups is 1. The van der Waals surface area contributed by atoms with E-state index in [1.165, 1.54) is 4.88 Å². The van der Waals surface area contributed by atoms with E-state index in [2.05, 4.69) is 27.5 Å². The first kappa shape index (κ1) is 18.6. The summed E-state index contributed by atoms with van der Waals surface area (Å²) in [5.41, 5.74) is 0. The Bertz CT molecular complexity index is 370. The van der Waals surface area contributed by atoms with E-state index >= 15 is 0 Å². The normalized spacial score (nSPS) is 11.0. The molecule has 0 amide bonds. The lowest BCUT2D eigenvalue weighted by atomic mass is 10.4. The molecule has 0 atom stereocenters. The third kappa shape index (κ3) is 7.68. The van der Waals surface area contributed by atoms with Crippen molar-refractivity contribution in [3.05, 3.63) is 16.1 Å². The van der Waals surface area contributed by atoms with Crippen molar-refractivity contribution in [3.8, 4) is 0 Å². The van der Waals surface area contributed by atoms with E-state index in [1.807, 2.05) is 13.1 Å². The average Bonchev–Trinajstić information content (AvgIpc) is 2.84. The Labute approximate surface area is 136 Å². The number of halogens is 1. The summed E-state index contributed by atoms with van der Waals surface area (Å²) in [6.45, 7) is 6.27. The van der Waals surface area contributed by atoms with Crippen molar-refractivity contribution >= 4 is 41.3 Å². The molecule has 0 aromatic carbocycles. The Hall–Kier alpha value is -0.410. The second-order valence-corrected chi connectivity index (χ2v) is 4.93. The number of hydrogen-bond donors (Lipinski definition) is 3. The van der Waals surface area contributed by atoms with E-state index in [0.29, 0.717) is 6.54 Å². The van der Waals surface area contributed by atoms with Gasteiger partial charge >= 0.3 is 0 Å². The van der Waals surface area contributed by atoms with Crippen molar-refractivity contribution in [2.24, 2.45) is 4.99 Å². The SMILES string of the molecule is CCNC(=NCCO)NCCc1ncc(CC)s1.I. The van der Waals surface area contributed by atoms with Crippen molar-refractivity contribution in [1.82, 2.24) is 15.6 Å². The van der Waals surface area contributed by atoms with Gasteiger partial charge in [0.2, 0.25) is 0 Å². The van der Waals surface area contributed by atoms with Gasteiger partial charge in [0.05, 0.1) is 18.2 Å². The Morgan fingerprint density at radius 2 is 2.21 bits per heavy atom. The first-order chi connectivity index (χ1) is 8.80. The fourth-order valence-corrected chi connectivity index (χ4v) is 2.28. The van der Waals surface area contributed by atoms with E-state index in [9.17, 15) is 0 Å². The fraction of sp³-hybridized carbons (Fsp3) is 0.667. The molecule has 5 nitrogen and oxygen atoms in total. The van der Waals surface area contributed by atoms with Gasteiger partial charge in [-0.2, -0.15) is 0 Å². The van der Waals surface area contributed by atoms with Gasteiger partial charge in [-0.25, -0.2) is 4.98 Å². The third-order valence-corrected chi connectivity index (χ3v) is 3.50. The van der Waals surface area contributed by atoms with Gasteiger partial charge < -0.3 is 15.7 Å². The summed E-state index contributed by atoms with van der Waals surface area (Å²) in [7, 11) is 0. The lowest BCUT2D eigenvalue weighted by Crippen LogP contribution is -2.38. The Balaban J connectivity index is 0.00000324. The van der Waals surface area contributed by atoms with E-state index in [0.717, 1.165) is 36.9 Å². The lowest BCUT2D eigenvalue weighted by Gasteiger charge is -2.09. The third-order valence-electron chi connectivity index (χ3n) is 2.30. The summed E-state index contributed by atoms with van der Waals surface area (Å²) in [5, 5.41) is 16.3. The molecule has 0 aliphatic heterocycles. The van der Waals surface area contributed by atoms with E-state index in [1.54, 1.807) is 11.3 Å². The monoisotopic (exact) mass is 398 g/mol. The number of hydrogen-bond acceptors (Lipinski definition) is 4. The van der Waals surface area contributed by atoms with Crippen LogP contribution in [0.2, 0.25) is 0 Å². The molecule has 0 saturated heterocycles. The summed E-state index contributed by atoms with van der Waals surface area (Å²) in [5.74, 6) is 0.749. The average molecular weight is 398 g/mol. The van der Waals surface area contributed by atoms with Crippen LogP contribution >= 0.6 is 35.3 Å². The quantitative estimate of drug-likeness (QED) is 0.369. The highest BCUT2D eigenvalue weighted by Gasteiger charge is 2.01. The molecule has 110 valence electrons. The molecular formula is C12H23IN4OS. The number of guanidine groups is 1. The number of aliphatic hydroxyl groups excluding tert-OH is 1. The number of aromatic nitrogens is 1. The molecule has 0 radical (unpaired) electrons. The maximum Gasteiger partial charge on any atom is 0.191 e. The maximum atomic E-state index is 8.75. The lowest BCUT2D eigenvalue weighted by molar-refractivity contribution is 0.306. The number of aliphatic imine (C=N–C) groups is 1. The van der Waals surface area contributed by atoms with Crippen molar-refractivity contribution in [1.29, 1.82) is 0 Å². The van der Waals surface area contributed by atoms with Gasteiger partial charge in [0.15, 0.2) is 5.96 Å². The summed E-state index contributed by atoms with van der Waals surface area (Å²) < 4.78 is 0. The highest BCUT2D eigenvalue weighted by molar-refractivity contribution is 14.0. The first-order valence-corrected chi connectivity index (χ1v) is 7.18. The van der Waals surface area contributed by atoms with Crippen LogP contribution in [0.3, 0.4) is 0 Å². The van der Waals surface area contributed by atoms with E-state index in [-0.39, 0.29) is 30.6 Å². The molecule has 1 aromatic heterocycles. The molecule has 19 heavy (non-hydrogen) atoms. The molecule has 0 bridgehead atoms. The first-order valence-electron chi connectivity index (χ1n) is 6.36. The maximum absolute atomic E-state index is 8.75. The molecule has 3 N–H and O–H groups in total. The van der Waals surface area contributed by atoms with Gasteiger partial charge in [-0.15, -0.1) is 35.3 Å². The second kappa shape index (κ2) is 11.4. The number of thiazole rings is 1. The van der Waals surface area contributed by atoms with Crippen molar-refractivity contribution < 1.29 is 5.11 Å². The number of nitrogens with one attached hydrogen (secondary N) is 2. The predicted octanol–water partition coefficient (Wildman–Crippen LogP) is 1.41. The largest absolute Gasteiger partial charge is 0.394 e. The number of aryl methyl sites for hydroxylation is 1. The number of nitrogens with zero attached hydrogens (tertiary/aromatic N) is 2. The Morgan fingerprint density at radius 3 is 2.79 bits per heavy atom. The van der Waals surface area contributed by atoms with Gasteiger partial charge in [0, 0.05) is 30.6 Å². The smallest absolute Gasteiger partial charge is 0.191 e. The summed E-state index contributed by atoms with van der Waals surface area (Å²) in [4.78, 5) is 9.91. The predicted molar refractivity (Wildman–Crippen MR) is 91.7 cm³/mol. The Morgan fingerprint density at radius 1 is 1.42 bits per heavy atom. The number of rotatable bonds is 7. The van der Waals surface area contributed by atoms with Crippen LogP contribution in [0.1, 0.15) is 23.7 Å². The second-order valence-electron chi connectivity index (χ2n) is 3.73. The molecule has 1 rings (SSSR count). The zero-order chi connectivity index (χ0) is 13.2. The molecule has 1 heterocycles. The summed E-state index contributed by atoms with van der Waals surface area (Å²) >= 11 is 1.76. The zero-order valence-corrected chi connectivity index (χ0v) is 14.6. The fourth-order valence-electron chi connectivity index (χ4n) is 1.42. The van der Waals surface area contributed by atoms with Crippen LogP contribution < -0.4 is 10.6 Å². The van der Waals surface area contributed by atoms with E-state index in [4.69, 9.17) is 5.11 Å². The summed E-state index contributed by atoms with van der Waals surface area (Å²) in [6.07, 6.45) is 3.89. The van der Waals surface area contributed by atoms with Crippen LogP contribution in [-0.4, -0.2) is 42.3 Å². The van der Waals surface area contributed by atoms with Crippen molar-refractivity contribution in [3.63, 3.8) is 0 Å². The van der Waals surface area contributed by atoms with Gasteiger partial charge in [0.1, 0.15) is 0 Å². The molecule has 0 saturated carbocycles. The molecule has 0 aliphatic carbocycles. The van der Waals surface area contributed by atoms with Crippen LogP contribution in [0.4, 0.5) is 0 Å². The highest BCUT2D eigenvalue weighted by atomic mass is 127. The van der Waals surface area contributed by atoms with Crippen LogP contribution in [0, 0.1) is 0 Å². The van der Waals surface area contributed by atoms with Crippen molar-refractivity contribution in [2.75, 3.05) is 26.2 Å². The molecule has 1 aromatic rings. The van der Waals surface area contributed by atoms with Crippen LogP contribution in [-0.2, 0) is 12.8 Å². The highest BCUT2D eigenvalue weighted by Crippen LogP contribution is 2.13. The van der Waals surface area contributed by atoms with Crippen LogP contribution in [0.25, 0.3) is 0 Å². The van der Waals surface area contributed by atoms with Crippen LogP contribution in [0.15, 0.2) is 11.2 Å². The Kier molecular flexibility index (Phi) is 11.2. The topological polar surface area (TPSA) is 69.5 Å². The zero-order valence-electron chi connectivity index (χ0n) is 11.5. The van der Waals surface area contributed by atoms with Gasteiger partial charge in [-0.3, -0.25) is 4.99 Å².